The highest BCUT2D eigenvalue weighted by atomic mass is 16.5. The Morgan fingerprint density at radius 3 is 2.76 bits per heavy atom. The second-order valence-corrected chi connectivity index (χ2v) is 8.03. The molecule has 1 fully saturated rings. The minimum Gasteiger partial charge on any atom is -0.494 e. The Morgan fingerprint density at radius 1 is 1.21 bits per heavy atom. The summed E-state index contributed by atoms with van der Waals surface area (Å²) in [5, 5.41) is 11.9. The maximum atomic E-state index is 12.6. The lowest BCUT2D eigenvalue weighted by atomic mass is 10.1. The van der Waals surface area contributed by atoms with E-state index in [0.717, 1.165) is 11.3 Å². The van der Waals surface area contributed by atoms with Crippen LogP contribution in [0.15, 0.2) is 53.5 Å². The fourth-order valence-corrected chi connectivity index (χ4v) is 3.87. The summed E-state index contributed by atoms with van der Waals surface area (Å²) in [4.78, 5) is 43.4. The number of nitrogens with zero attached hydrogens (tertiary/aromatic N) is 3. The number of carbonyl (C=O) groups is 3. The molecule has 2 heterocycles. The zero-order valence-electron chi connectivity index (χ0n) is 18.4. The van der Waals surface area contributed by atoms with Crippen molar-refractivity contribution in [2.24, 2.45) is 4.99 Å². The smallest absolute Gasteiger partial charge is 0.323 e. The standard InChI is InChI=1S/C24H26N4O5/c1-16-23(32)26-24-25-20-11-10-19(13-17(20)14-27(16)24)33-12-6-5-9-21(29)28(15-22(30)31)18-7-3-2-4-8-18/h2-4,7-8,10-11,13,16H,5-6,9,12,14-15H2,1H3,(H,30,31)(H,25,26,32). The molecule has 33 heavy (non-hydrogen) atoms. The quantitative estimate of drug-likeness (QED) is 0.568. The molecule has 0 radical (unpaired) electrons. The normalized spacial score (nSPS) is 16.4. The number of hydrogen-bond acceptors (Lipinski definition) is 6. The summed E-state index contributed by atoms with van der Waals surface area (Å²) in [5.41, 5.74) is 2.38. The molecule has 2 aromatic carbocycles. The lowest BCUT2D eigenvalue weighted by molar-refractivity contribution is -0.136. The molecule has 0 aliphatic carbocycles. The first-order valence-electron chi connectivity index (χ1n) is 10.9. The van der Waals surface area contributed by atoms with Crippen LogP contribution in [0.5, 0.6) is 5.75 Å². The molecule has 1 atom stereocenters. The number of aliphatic carboxylic acids is 1. The molecule has 9 heteroatoms. The van der Waals surface area contributed by atoms with Crippen LogP contribution in [0.25, 0.3) is 0 Å². The Hall–Kier alpha value is -3.88. The van der Waals surface area contributed by atoms with Gasteiger partial charge >= 0.3 is 5.97 Å². The summed E-state index contributed by atoms with van der Waals surface area (Å²) >= 11 is 0. The summed E-state index contributed by atoms with van der Waals surface area (Å²) in [6.45, 7) is 2.50. The molecule has 1 unspecified atom stereocenters. The number of para-hydroxylation sites is 1. The molecule has 172 valence electrons. The van der Waals surface area contributed by atoms with Gasteiger partial charge in [0.05, 0.1) is 12.3 Å². The van der Waals surface area contributed by atoms with E-state index < -0.39 is 5.97 Å². The van der Waals surface area contributed by atoms with Crippen molar-refractivity contribution in [2.45, 2.75) is 38.8 Å². The number of fused-ring (bicyclic) bond motifs is 2. The van der Waals surface area contributed by atoms with Crippen molar-refractivity contribution in [1.82, 2.24) is 10.2 Å². The van der Waals surface area contributed by atoms with Crippen LogP contribution in [0.3, 0.4) is 0 Å². The zero-order valence-corrected chi connectivity index (χ0v) is 18.4. The average molecular weight is 450 g/mol. The molecule has 2 aromatic rings. The van der Waals surface area contributed by atoms with Crippen molar-refractivity contribution in [3.8, 4) is 5.75 Å². The highest BCUT2D eigenvalue weighted by molar-refractivity contribution is 6.07. The van der Waals surface area contributed by atoms with Crippen LogP contribution in [-0.2, 0) is 20.9 Å². The first kappa shape index (κ1) is 22.3. The van der Waals surface area contributed by atoms with Gasteiger partial charge in [0.25, 0.3) is 0 Å². The number of carboxylic acids is 1. The van der Waals surface area contributed by atoms with Gasteiger partial charge in [0, 0.05) is 24.2 Å². The number of rotatable bonds is 9. The molecule has 2 amide bonds. The zero-order chi connectivity index (χ0) is 23.4. The summed E-state index contributed by atoms with van der Waals surface area (Å²) in [7, 11) is 0. The Morgan fingerprint density at radius 2 is 2.00 bits per heavy atom. The first-order chi connectivity index (χ1) is 15.9. The highest BCUT2D eigenvalue weighted by Gasteiger charge is 2.35. The third kappa shape index (κ3) is 5.14. The number of nitrogens with one attached hydrogen (secondary N) is 1. The van der Waals surface area contributed by atoms with E-state index >= 15 is 0 Å². The van der Waals surface area contributed by atoms with Crippen molar-refractivity contribution in [3.05, 3.63) is 54.1 Å². The number of anilines is 1. The first-order valence-corrected chi connectivity index (χ1v) is 10.9. The van der Waals surface area contributed by atoms with Gasteiger partial charge in [-0.3, -0.25) is 19.7 Å². The maximum Gasteiger partial charge on any atom is 0.323 e. The predicted molar refractivity (Wildman–Crippen MR) is 122 cm³/mol. The van der Waals surface area contributed by atoms with Gasteiger partial charge in [0.15, 0.2) is 0 Å². The van der Waals surface area contributed by atoms with Crippen molar-refractivity contribution in [2.75, 3.05) is 18.1 Å². The van der Waals surface area contributed by atoms with Gasteiger partial charge in [-0.25, -0.2) is 4.99 Å². The lowest BCUT2D eigenvalue weighted by Gasteiger charge is -2.26. The molecule has 9 nitrogen and oxygen atoms in total. The van der Waals surface area contributed by atoms with E-state index in [1.54, 1.807) is 24.3 Å². The molecule has 0 bridgehead atoms. The lowest BCUT2D eigenvalue weighted by Crippen LogP contribution is -2.35. The van der Waals surface area contributed by atoms with Crippen molar-refractivity contribution < 1.29 is 24.2 Å². The molecule has 4 rings (SSSR count). The molecule has 0 aromatic heterocycles. The number of amides is 2. The Kier molecular flexibility index (Phi) is 6.58. The van der Waals surface area contributed by atoms with Gasteiger partial charge in [-0.05, 0) is 50.1 Å². The number of hydrogen-bond donors (Lipinski definition) is 2. The second kappa shape index (κ2) is 9.72. The number of aliphatic imine (C=N–C) groups is 1. The Bertz CT molecular complexity index is 1090. The molecule has 2 aliphatic heterocycles. The van der Waals surface area contributed by atoms with Crippen LogP contribution in [0.2, 0.25) is 0 Å². The van der Waals surface area contributed by atoms with Crippen LogP contribution >= 0.6 is 0 Å². The Balaban J connectivity index is 1.27. The van der Waals surface area contributed by atoms with E-state index in [4.69, 9.17) is 9.84 Å². The molecule has 2 N–H and O–H groups in total. The third-order valence-corrected chi connectivity index (χ3v) is 5.69. The predicted octanol–water partition coefficient (Wildman–Crippen LogP) is 2.67. The summed E-state index contributed by atoms with van der Waals surface area (Å²) in [6, 6.07) is 14.2. The monoisotopic (exact) mass is 450 g/mol. The van der Waals surface area contributed by atoms with E-state index in [9.17, 15) is 14.4 Å². The summed E-state index contributed by atoms with van der Waals surface area (Å²) < 4.78 is 5.85. The van der Waals surface area contributed by atoms with Crippen LogP contribution in [-0.4, -0.2) is 52.9 Å². The SMILES string of the molecule is CC1C(=O)NC2=Nc3ccc(OCCCCC(=O)N(CC(=O)O)c4ccccc4)cc3CN21. The number of unbranched alkanes of at least 4 members (excludes halogenated alkanes) is 1. The minimum absolute atomic E-state index is 0.0539. The van der Waals surface area contributed by atoms with E-state index in [-0.39, 0.29) is 30.8 Å². The molecule has 2 aliphatic rings. The van der Waals surface area contributed by atoms with Crippen molar-refractivity contribution in [1.29, 1.82) is 0 Å². The average Bonchev–Trinajstić information content (AvgIpc) is 3.08. The fraction of sp³-hybridized carbons (Fsp3) is 0.333. The topological polar surface area (TPSA) is 112 Å². The van der Waals surface area contributed by atoms with Gasteiger partial charge in [-0.15, -0.1) is 0 Å². The maximum absolute atomic E-state index is 12.6. The largest absolute Gasteiger partial charge is 0.494 e. The Labute approximate surface area is 191 Å². The number of ether oxygens (including phenoxy) is 1. The van der Waals surface area contributed by atoms with E-state index in [0.29, 0.717) is 43.4 Å². The van der Waals surface area contributed by atoms with E-state index in [2.05, 4.69) is 10.3 Å². The van der Waals surface area contributed by atoms with Crippen LogP contribution in [0, 0.1) is 0 Å². The van der Waals surface area contributed by atoms with Gasteiger partial charge in [-0.2, -0.15) is 0 Å². The van der Waals surface area contributed by atoms with Gasteiger partial charge < -0.3 is 19.6 Å². The van der Waals surface area contributed by atoms with Gasteiger partial charge in [-0.1, -0.05) is 18.2 Å². The number of carboxylic acid groups (broad SMARTS) is 1. The third-order valence-electron chi connectivity index (χ3n) is 5.69. The molecule has 0 spiro atoms. The van der Waals surface area contributed by atoms with Crippen molar-refractivity contribution in [3.63, 3.8) is 0 Å². The highest BCUT2D eigenvalue weighted by Crippen LogP contribution is 2.31. The van der Waals surface area contributed by atoms with Gasteiger partial charge in [0.1, 0.15) is 18.3 Å². The number of guanidine groups is 1. The van der Waals surface area contributed by atoms with Gasteiger partial charge in [0.2, 0.25) is 17.8 Å². The second-order valence-electron chi connectivity index (χ2n) is 8.03. The summed E-state index contributed by atoms with van der Waals surface area (Å²) in [6.07, 6.45) is 1.48. The number of benzene rings is 2. The van der Waals surface area contributed by atoms with E-state index in [1.165, 1.54) is 4.90 Å². The molecule has 1 saturated heterocycles. The molecular weight excluding hydrogens is 424 g/mol. The van der Waals surface area contributed by atoms with Crippen LogP contribution in [0.4, 0.5) is 11.4 Å². The van der Waals surface area contributed by atoms with Crippen LogP contribution in [0.1, 0.15) is 31.7 Å². The fourth-order valence-electron chi connectivity index (χ4n) is 3.87. The summed E-state index contributed by atoms with van der Waals surface area (Å²) in [5.74, 6) is -0.0361. The molecular formula is C24H26N4O5. The van der Waals surface area contributed by atoms with Crippen LogP contribution < -0.4 is 15.0 Å². The van der Waals surface area contributed by atoms with Crippen molar-refractivity contribution >= 4 is 35.1 Å². The number of carbonyl (C=O) groups excluding carboxylic acids is 2. The molecule has 0 saturated carbocycles. The van der Waals surface area contributed by atoms with E-state index in [1.807, 2.05) is 36.1 Å². The minimum atomic E-state index is -1.05.